The summed E-state index contributed by atoms with van der Waals surface area (Å²) in [6.07, 6.45) is 0. The van der Waals surface area contributed by atoms with Crippen LogP contribution in [0.5, 0.6) is 0 Å². The van der Waals surface area contributed by atoms with Crippen LogP contribution >= 0.6 is 0 Å². The Hall–Kier alpha value is -2.20. The van der Waals surface area contributed by atoms with Crippen molar-refractivity contribution in [2.45, 2.75) is 0 Å². The van der Waals surface area contributed by atoms with Gasteiger partial charge < -0.3 is 19.4 Å². The highest BCUT2D eigenvalue weighted by Crippen LogP contribution is 1.93. The second-order valence-electron chi connectivity index (χ2n) is 1.92. The van der Waals surface area contributed by atoms with E-state index in [0.29, 0.717) is 10.5 Å². The van der Waals surface area contributed by atoms with Crippen LogP contribution in [0.3, 0.4) is 0 Å². The lowest BCUT2D eigenvalue weighted by Crippen LogP contribution is -2.35. The van der Waals surface area contributed by atoms with Gasteiger partial charge in [-0.25, -0.2) is 0 Å². The van der Waals surface area contributed by atoms with Gasteiger partial charge in [0.2, 0.25) is 0 Å². The van der Waals surface area contributed by atoms with E-state index in [1.165, 1.54) is 0 Å². The Morgan fingerprint density at radius 1 is 0.625 bits per heavy atom. The standard InChI is InChI=1S/C6H8N2O8/c9-3-13-7(14-4-10)1-2-8(15-5-11)16-6-12/h3-6H,1-2H2. The second kappa shape index (κ2) is 9.36. The maximum absolute atomic E-state index is 9.94. The molecule has 10 heteroatoms. The molecule has 0 aromatic carbocycles. The van der Waals surface area contributed by atoms with Crippen molar-refractivity contribution in [1.82, 2.24) is 10.5 Å². The number of nitrogens with zero attached hydrogens (tertiary/aromatic N) is 2. The van der Waals surface area contributed by atoms with Crippen LogP contribution in [0.1, 0.15) is 0 Å². The van der Waals surface area contributed by atoms with E-state index in [1.54, 1.807) is 0 Å². The van der Waals surface area contributed by atoms with Crippen molar-refractivity contribution in [3.63, 3.8) is 0 Å². The van der Waals surface area contributed by atoms with E-state index in [4.69, 9.17) is 0 Å². The Labute approximate surface area is 89.0 Å². The lowest BCUT2D eigenvalue weighted by atomic mass is 10.7. The smallest absolute Gasteiger partial charge is 0.317 e. The van der Waals surface area contributed by atoms with Gasteiger partial charge in [0.25, 0.3) is 0 Å². The van der Waals surface area contributed by atoms with E-state index in [9.17, 15) is 19.2 Å². The van der Waals surface area contributed by atoms with E-state index >= 15 is 0 Å². The van der Waals surface area contributed by atoms with Crippen molar-refractivity contribution in [3.05, 3.63) is 0 Å². The molecule has 90 valence electrons. The van der Waals surface area contributed by atoms with Gasteiger partial charge in [0, 0.05) is 10.5 Å². The number of hydroxylamine groups is 4. The van der Waals surface area contributed by atoms with Crippen LogP contribution in [0.15, 0.2) is 0 Å². The molecule has 0 amide bonds. The third-order valence-electron chi connectivity index (χ3n) is 1.11. The Balaban J connectivity index is 4.00. The van der Waals surface area contributed by atoms with Crippen molar-refractivity contribution in [2.24, 2.45) is 0 Å². The fourth-order valence-electron chi connectivity index (χ4n) is 0.616. The van der Waals surface area contributed by atoms with E-state index in [0.717, 1.165) is 0 Å². The fraction of sp³-hybridized carbons (Fsp3) is 0.333. The SMILES string of the molecule is O=CON(CCN(OC=O)OC=O)OC=O. The minimum atomic E-state index is -0.223. The van der Waals surface area contributed by atoms with Crippen molar-refractivity contribution in [1.29, 1.82) is 0 Å². The fourth-order valence-corrected chi connectivity index (χ4v) is 0.616. The van der Waals surface area contributed by atoms with Crippen LogP contribution in [-0.2, 0) is 38.5 Å². The zero-order valence-corrected chi connectivity index (χ0v) is 7.88. The van der Waals surface area contributed by atoms with Gasteiger partial charge in [-0.3, -0.25) is 19.2 Å². The lowest BCUT2D eigenvalue weighted by Gasteiger charge is -2.18. The number of hydrogen-bond donors (Lipinski definition) is 0. The third kappa shape index (κ3) is 6.28. The molecule has 0 aliphatic rings. The molecule has 0 aliphatic heterocycles. The molecule has 0 aromatic rings. The van der Waals surface area contributed by atoms with E-state index in [-0.39, 0.29) is 39.0 Å². The largest absolute Gasteiger partial charge is 0.336 e. The predicted octanol–water partition coefficient (Wildman–Crippen LogP) is -2.06. The zero-order chi connectivity index (χ0) is 12.2. The van der Waals surface area contributed by atoms with Gasteiger partial charge in [0.05, 0.1) is 13.1 Å². The molecule has 0 aliphatic carbocycles. The summed E-state index contributed by atoms with van der Waals surface area (Å²) in [6, 6.07) is 0. The predicted molar refractivity (Wildman–Crippen MR) is 42.0 cm³/mol. The molecule has 0 atom stereocenters. The summed E-state index contributed by atoms with van der Waals surface area (Å²) < 4.78 is 0. The minimum Gasteiger partial charge on any atom is -0.336 e. The summed E-state index contributed by atoms with van der Waals surface area (Å²) in [6.45, 7) is -0.410. The molecule has 0 unspecified atom stereocenters. The normalized spacial score (nSPS) is 9.38. The highest BCUT2D eigenvalue weighted by atomic mass is 17.0. The Morgan fingerprint density at radius 2 is 0.875 bits per heavy atom. The van der Waals surface area contributed by atoms with Gasteiger partial charge >= 0.3 is 25.9 Å². The molecular formula is C6H8N2O8. The first-order valence-corrected chi connectivity index (χ1v) is 3.75. The average molecular weight is 236 g/mol. The highest BCUT2D eigenvalue weighted by Gasteiger charge is 2.12. The molecule has 0 bridgehead atoms. The first kappa shape index (κ1) is 13.8. The number of rotatable bonds is 11. The van der Waals surface area contributed by atoms with Gasteiger partial charge in [-0.05, 0) is 0 Å². The zero-order valence-electron chi connectivity index (χ0n) is 7.88. The maximum Gasteiger partial charge on any atom is 0.317 e. The molecule has 0 fully saturated rings. The minimum absolute atomic E-state index is 0.00893. The summed E-state index contributed by atoms with van der Waals surface area (Å²) in [5, 5.41) is 0.963. The van der Waals surface area contributed by atoms with Gasteiger partial charge in [-0.2, -0.15) is 0 Å². The summed E-state index contributed by atoms with van der Waals surface area (Å²) in [5.41, 5.74) is 0. The average Bonchev–Trinajstić information content (AvgIpc) is 2.27. The Morgan fingerprint density at radius 3 is 1.06 bits per heavy atom. The van der Waals surface area contributed by atoms with Crippen LogP contribution in [0, 0.1) is 0 Å². The molecule has 0 saturated carbocycles. The first-order valence-electron chi connectivity index (χ1n) is 3.75. The molecule has 0 heterocycles. The monoisotopic (exact) mass is 236 g/mol. The van der Waals surface area contributed by atoms with Crippen molar-refractivity contribution >= 4 is 25.9 Å². The van der Waals surface area contributed by atoms with Crippen LogP contribution in [0.25, 0.3) is 0 Å². The highest BCUT2D eigenvalue weighted by molar-refractivity contribution is 5.38. The molecule has 16 heavy (non-hydrogen) atoms. The number of hydrogen-bond acceptors (Lipinski definition) is 10. The van der Waals surface area contributed by atoms with Crippen LogP contribution < -0.4 is 0 Å². The third-order valence-corrected chi connectivity index (χ3v) is 1.11. The molecule has 0 N–H and O–H groups in total. The summed E-state index contributed by atoms with van der Waals surface area (Å²) >= 11 is 0. The first-order chi connectivity index (χ1) is 7.78. The van der Waals surface area contributed by atoms with Gasteiger partial charge in [-0.1, -0.05) is 0 Å². The maximum atomic E-state index is 9.94. The van der Waals surface area contributed by atoms with Crippen molar-refractivity contribution < 1.29 is 38.5 Å². The molecule has 0 aromatic heterocycles. The quantitative estimate of drug-likeness (QED) is 0.293. The second-order valence-corrected chi connectivity index (χ2v) is 1.92. The number of carbonyl (C=O) groups is 4. The summed E-state index contributed by atoms with van der Waals surface area (Å²) in [5.74, 6) is 0. The van der Waals surface area contributed by atoms with Crippen LogP contribution in [-0.4, -0.2) is 49.4 Å². The number of carbonyl (C=O) groups excluding carboxylic acids is 4. The molecule has 10 nitrogen and oxygen atoms in total. The molecule has 0 spiro atoms. The topological polar surface area (TPSA) is 112 Å². The van der Waals surface area contributed by atoms with E-state index < -0.39 is 0 Å². The van der Waals surface area contributed by atoms with E-state index in [2.05, 4.69) is 19.4 Å². The van der Waals surface area contributed by atoms with E-state index in [1.807, 2.05) is 0 Å². The molecular weight excluding hydrogens is 228 g/mol. The Bertz CT molecular complexity index is 191. The van der Waals surface area contributed by atoms with Gasteiger partial charge in [0.1, 0.15) is 0 Å². The summed E-state index contributed by atoms with van der Waals surface area (Å²) in [7, 11) is 0. The van der Waals surface area contributed by atoms with Crippen molar-refractivity contribution in [3.8, 4) is 0 Å². The Kier molecular flexibility index (Phi) is 8.07. The van der Waals surface area contributed by atoms with Crippen LogP contribution in [0.2, 0.25) is 0 Å². The van der Waals surface area contributed by atoms with Gasteiger partial charge in [0.15, 0.2) is 0 Å². The van der Waals surface area contributed by atoms with Gasteiger partial charge in [-0.15, -0.1) is 0 Å². The van der Waals surface area contributed by atoms with Crippen molar-refractivity contribution in [2.75, 3.05) is 13.1 Å². The lowest BCUT2D eigenvalue weighted by molar-refractivity contribution is -0.343. The molecule has 0 saturated heterocycles. The molecule has 0 radical (unpaired) electrons. The summed E-state index contributed by atoms with van der Waals surface area (Å²) in [4.78, 5) is 56.4. The molecule has 0 rings (SSSR count). The van der Waals surface area contributed by atoms with Crippen LogP contribution in [0.4, 0.5) is 0 Å².